The fraction of sp³-hybridized carbons (Fsp3) is 0.143. The molecule has 0 spiro atoms. The molecule has 0 radical (unpaired) electrons. The number of halogens is 1. The van der Waals surface area contributed by atoms with Crippen molar-refractivity contribution in [3.8, 4) is 0 Å². The Kier molecular flexibility index (Phi) is 4.10. The van der Waals surface area contributed by atoms with Crippen LogP contribution in [0.1, 0.15) is 5.69 Å². The fourth-order valence-corrected chi connectivity index (χ4v) is 1.91. The van der Waals surface area contributed by atoms with Gasteiger partial charge in [0.1, 0.15) is 6.54 Å². The summed E-state index contributed by atoms with van der Waals surface area (Å²) >= 11 is 5.81. The topological polar surface area (TPSA) is 77.1 Å². The molecule has 1 amide bonds. The Labute approximate surface area is 121 Å². The van der Waals surface area contributed by atoms with E-state index in [9.17, 15) is 9.59 Å². The number of hydrogen-bond acceptors (Lipinski definition) is 3. The van der Waals surface area contributed by atoms with Crippen molar-refractivity contribution in [2.75, 3.05) is 11.1 Å². The summed E-state index contributed by atoms with van der Waals surface area (Å²) in [6.07, 6.45) is 0. The van der Waals surface area contributed by atoms with Crippen molar-refractivity contribution < 1.29 is 4.79 Å². The predicted octanol–water partition coefficient (Wildman–Crippen LogP) is 2.03. The molecule has 6 heteroatoms. The Morgan fingerprint density at radius 3 is 2.75 bits per heavy atom. The lowest BCUT2D eigenvalue weighted by atomic mass is 10.3. The highest BCUT2D eigenvalue weighted by Gasteiger charge is 2.07. The van der Waals surface area contributed by atoms with E-state index < -0.39 is 0 Å². The molecule has 20 heavy (non-hydrogen) atoms. The highest BCUT2D eigenvalue weighted by atomic mass is 35.5. The standard InChI is InChI=1S/C14H14ClN3O2/c1-9-3-2-4-14(20)18(9)8-13(19)17-10-5-6-11(15)12(16)7-10/h2-7H,8,16H2,1H3,(H,17,19). The van der Waals surface area contributed by atoms with Gasteiger partial charge in [-0.15, -0.1) is 0 Å². The Morgan fingerprint density at radius 1 is 1.35 bits per heavy atom. The van der Waals surface area contributed by atoms with E-state index in [1.165, 1.54) is 10.6 Å². The van der Waals surface area contributed by atoms with Crippen LogP contribution in [0.5, 0.6) is 0 Å². The average molecular weight is 292 g/mol. The molecule has 0 atom stereocenters. The summed E-state index contributed by atoms with van der Waals surface area (Å²) in [5.41, 5.74) is 7.10. The molecule has 2 rings (SSSR count). The van der Waals surface area contributed by atoms with E-state index in [-0.39, 0.29) is 18.0 Å². The Hall–Kier alpha value is -2.27. The molecule has 1 aromatic heterocycles. The number of benzene rings is 1. The quantitative estimate of drug-likeness (QED) is 0.850. The molecule has 0 saturated heterocycles. The SMILES string of the molecule is Cc1cccc(=O)n1CC(=O)Nc1ccc(Cl)c(N)c1. The van der Waals surface area contributed by atoms with Crippen LogP contribution in [0.4, 0.5) is 11.4 Å². The molecule has 1 aromatic carbocycles. The molecule has 1 heterocycles. The molecule has 2 aromatic rings. The summed E-state index contributed by atoms with van der Waals surface area (Å²) in [6, 6.07) is 9.67. The normalized spacial score (nSPS) is 10.3. The van der Waals surface area contributed by atoms with Gasteiger partial charge in [0.2, 0.25) is 5.91 Å². The van der Waals surface area contributed by atoms with E-state index >= 15 is 0 Å². The first-order valence-corrected chi connectivity index (χ1v) is 6.36. The number of nitrogens with zero attached hydrogens (tertiary/aromatic N) is 1. The number of hydrogen-bond donors (Lipinski definition) is 2. The minimum absolute atomic E-state index is 0.0476. The summed E-state index contributed by atoms with van der Waals surface area (Å²) in [5, 5.41) is 3.10. The van der Waals surface area contributed by atoms with Crippen LogP contribution in [0.2, 0.25) is 5.02 Å². The van der Waals surface area contributed by atoms with E-state index in [0.29, 0.717) is 16.4 Å². The lowest BCUT2D eigenvalue weighted by Gasteiger charge is -2.10. The molecule has 0 saturated carbocycles. The number of nitrogen functional groups attached to an aromatic ring is 1. The van der Waals surface area contributed by atoms with Gasteiger partial charge in [-0.25, -0.2) is 0 Å². The third kappa shape index (κ3) is 3.19. The summed E-state index contributed by atoms with van der Waals surface area (Å²) in [5.74, 6) is -0.303. The van der Waals surface area contributed by atoms with Gasteiger partial charge in [0.15, 0.2) is 0 Å². The molecule has 104 valence electrons. The number of amides is 1. The van der Waals surface area contributed by atoms with Crippen LogP contribution in [0, 0.1) is 6.92 Å². The summed E-state index contributed by atoms with van der Waals surface area (Å²) < 4.78 is 1.40. The molecule has 0 bridgehead atoms. The second kappa shape index (κ2) is 5.79. The first kappa shape index (κ1) is 14.1. The number of anilines is 2. The van der Waals surface area contributed by atoms with Crippen molar-refractivity contribution in [1.82, 2.24) is 4.57 Å². The number of aromatic nitrogens is 1. The zero-order chi connectivity index (χ0) is 14.7. The first-order valence-electron chi connectivity index (χ1n) is 5.98. The maximum atomic E-state index is 11.9. The highest BCUT2D eigenvalue weighted by Crippen LogP contribution is 2.22. The Morgan fingerprint density at radius 2 is 2.10 bits per heavy atom. The van der Waals surface area contributed by atoms with Crippen molar-refractivity contribution in [2.24, 2.45) is 0 Å². The van der Waals surface area contributed by atoms with E-state index in [2.05, 4.69) is 5.32 Å². The second-order valence-electron chi connectivity index (χ2n) is 4.38. The maximum absolute atomic E-state index is 11.9. The van der Waals surface area contributed by atoms with Gasteiger partial charge in [0, 0.05) is 17.4 Å². The third-order valence-electron chi connectivity index (χ3n) is 2.85. The minimum atomic E-state index is -0.303. The molecule has 0 aliphatic heterocycles. The van der Waals surface area contributed by atoms with Gasteiger partial charge in [-0.05, 0) is 31.2 Å². The van der Waals surface area contributed by atoms with Crippen molar-refractivity contribution in [3.63, 3.8) is 0 Å². The summed E-state index contributed by atoms with van der Waals surface area (Å²) in [4.78, 5) is 23.6. The number of carbonyl (C=O) groups is 1. The molecule has 0 fully saturated rings. The summed E-state index contributed by atoms with van der Waals surface area (Å²) in [6.45, 7) is 1.73. The van der Waals surface area contributed by atoms with Gasteiger partial charge in [0.05, 0.1) is 10.7 Å². The van der Waals surface area contributed by atoms with Crippen LogP contribution in [-0.2, 0) is 11.3 Å². The van der Waals surface area contributed by atoms with Crippen LogP contribution in [-0.4, -0.2) is 10.5 Å². The zero-order valence-corrected chi connectivity index (χ0v) is 11.6. The maximum Gasteiger partial charge on any atom is 0.251 e. The molecule has 0 aliphatic carbocycles. The zero-order valence-electron chi connectivity index (χ0n) is 10.9. The number of pyridine rings is 1. The summed E-state index contributed by atoms with van der Waals surface area (Å²) in [7, 11) is 0. The number of nitrogens with one attached hydrogen (secondary N) is 1. The molecular weight excluding hydrogens is 278 g/mol. The van der Waals surface area contributed by atoms with Crippen LogP contribution >= 0.6 is 11.6 Å². The largest absolute Gasteiger partial charge is 0.397 e. The van der Waals surface area contributed by atoms with E-state index in [4.69, 9.17) is 17.3 Å². The van der Waals surface area contributed by atoms with Crippen molar-refractivity contribution in [3.05, 3.63) is 57.5 Å². The number of aryl methyl sites for hydroxylation is 1. The van der Waals surface area contributed by atoms with Gasteiger partial charge in [-0.3, -0.25) is 9.59 Å². The van der Waals surface area contributed by atoms with Crippen molar-refractivity contribution >= 4 is 28.9 Å². The van der Waals surface area contributed by atoms with E-state index in [1.807, 2.05) is 0 Å². The third-order valence-corrected chi connectivity index (χ3v) is 3.19. The van der Waals surface area contributed by atoms with Crippen LogP contribution in [0.15, 0.2) is 41.2 Å². The van der Waals surface area contributed by atoms with Gasteiger partial charge < -0.3 is 15.6 Å². The molecular formula is C14H14ClN3O2. The highest BCUT2D eigenvalue weighted by molar-refractivity contribution is 6.33. The smallest absolute Gasteiger partial charge is 0.251 e. The van der Waals surface area contributed by atoms with Gasteiger partial charge in [-0.2, -0.15) is 0 Å². The Balaban J connectivity index is 2.13. The van der Waals surface area contributed by atoms with E-state index in [1.54, 1.807) is 37.3 Å². The number of rotatable bonds is 3. The minimum Gasteiger partial charge on any atom is -0.397 e. The number of nitrogens with two attached hydrogens (primary N) is 1. The fourth-order valence-electron chi connectivity index (χ4n) is 1.79. The van der Waals surface area contributed by atoms with Crippen LogP contribution < -0.4 is 16.6 Å². The predicted molar refractivity (Wildman–Crippen MR) is 79.9 cm³/mol. The molecule has 0 unspecified atom stereocenters. The lowest BCUT2D eigenvalue weighted by molar-refractivity contribution is -0.116. The van der Waals surface area contributed by atoms with Crippen LogP contribution in [0.25, 0.3) is 0 Å². The lowest BCUT2D eigenvalue weighted by Crippen LogP contribution is -2.28. The molecule has 3 N–H and O–H groups in total. The van der Waals surface area contributed by atoms with Gasteiger partial charge in [-0.1, -0.05) is 17.7 Å². The number of carbonyl (C=O) groups excluding carboxylic acids is 1. The van der Waals surface area contributed by atoms with Gasteiger partial charge in [0.25, 0.3) is 5.56 Å². The molecule has 5 nitrogen and oxygen atoms in total. The van der Waals surface area contributed by atoms with E-state index in [0.717, 1.165) is 5.69 Å². The van der Waals surface area contributed by atoms with Crippen molar-refractivity contribution in [1.29, 1.82) is 0 Å². The van der Waals surface area contributed by atoms with Crippen molar-refractivity contribution in [2.45, 2.75) is 13.5 Å². The van der Waals surface area contributed by atoms with Gasteiger partial charge >= 0.3 is 0 Å². The molecule has 0 aliphatic rings. The van der Waals surface area contributed by atoms with Crippen LogP contribution in [0.3, 0.4) is 0 Å². The monoisotopic (exact) mass is 291 g/mol. The second-order valence-corrected chi connectivity index (χ2v) is 4.78. The average Bonchev–Trinajstić information content (AvgIpc) is 2.38. The first-order chi connectivity index (χ1) is 9.47. The Bertz CT molecular complexity index is 710.